The summed E-state index contributed by atoms with van der Waals surface area (Å²) in [7, 11) is 0. The minimum absolute atomic E-state index is 0. The molecule has 1 aromatic carbocycles. The molecule has 0 aromatic heterocycles. The van der Waals surface area contributed by atoms with Crippen molar-refractivity contribution >= 4 is 35.6 Å². The predicted octanol–water partition coefficient (Wildman–Crippen LogP) is 3.63. The maximum atomic E-state index is 5.97. The molecule has 1 aliphatic carbocycles. The molecule has 0 amide bonds. The molecule has 2 rings (SSSR count). The predicted molar refractivity (Wildman–Crippen MR) is 65.1 cm³/mol. The van der Waals surface area contributed by atoms with E-state index in [2.05, 4.69) is 0 Å². The average molecular weight is 269 g/mol. The summed E-state index contributed by atoms with van der Waals surface area (Å²) in [4.78, 5) is 0. The third kappa shape index (κ3) is 2.70. The van der Waals surface area contributed by atoms with E-state index in [0.29, 0.717) is 15.8 Å². The molecule has 1 aromatic rings. The topological polar surface area (TPSA) is 35.2 Å². The molecule has 1 fully saturated rings. The maximum Gasteiger partial charge on any atom is 0.158 e. The van der Waals surface area contributed by atoms with Gasteiger partial charge in [-0.1, -0.05) is 29.3 Å². The van der Waals surface area contributed by atoms with Crippen LogP contribution < -0.4 is 10.5 Å². The third-order valence-corrected chi connectivity index (χ3v) is 3.23. The molecule has 15 heavy (non-hydrogen) atoms. The van der Waals surface area contributed by atoms with E-state index in [0.717, 1.165) is 19.3 Å². The molecular formula is C10H12Cl3NO. The molecule has 1 aliphatic rings. The quantitative estimate of drug-likeness (QED) is 0.831. The molecule has 0 spiro atoms. The molecule has 0 unspecified atom stereocenters. The Bertz CT molecular complexity index is 353. The van der Waals surface area contributed by atoms with Gasteiger partial charge in [-0.3, -0.25) is 5.73 Å². The second kappa shape index (κ2) is 4.79. The Morgan fingerprint density at radius 3 is 2.47 bits per heavy atom. The van der Waals surface area contributed by atoms with Crippen molar-refractivity contribution in [1.29, 1.82) is 0 Å². The van der Waals surface area contributed by atoms with Crippen molar-refractivity contribution in [1.82, 2.24) is 0 Å². The molecule has 0 bridgehead atoms. The van der Waals surface area contributed by atoms with Crippen LogP contribution in [-0.4, -0.2) is 5.72 Å². The summed E-state index contributed by atoms with van der Waals surface area (Å²) in [6, 6.07) is 5.30. The van der Waals surface area contributed by atoms with Crippen LogP contribution in [0.15, 0.2) is 18.2 Å². The Morgan fingerprint density at radius 1 is 1.27 bits per heavy atom. The first-order chi connectivity index (χ1) is 6.61. The number of halogens is 3. The van der Waals surface area contributed by atoms with Crippen molar-refractivity contribution in [3.8, 4) is 5.75 Å². The van der Waals surface area contributed by atoms with Gasteiger partial charge in [0.2, 0.25) is 0 Å². The molecule has 1 saturated carbocycles. The van der Waals surface area contributed by atoms with Crippen molar-refractivity contribution in [2.24, 2.45) is 5.73 Å². The van der Waals surface area contributed by atoms with E-state index in [4.69, 9.17) is 33.7 Å². The molecule has 2 nitrogen and oxygen atoms in total. The Balaban J connectivity index is 0.00000112. The fourth-order valence-electron chi connectivity index (χ4n) is 1.41. The normalized spacial score (nSPS) is 17.5. The van der Waals surface area contributed by atoms with Crippen molar-refractivity contribution in [2.45, 2.75) is 25.0 Å². The summed E-state index contributed by atoms with van der Waals surface area (Å²) in [5.41, 5.74) is 5.40. The van der Waals surface area contributed by atoms with Gasteiger partial charge in [0, 0.05) is 12.8 Å². The smallest absolute Gasteiger partial charge is 0.158 e. The molecular weight excluding hydrogens is 256 g/mol. The van der Waals surface area contributed by atoms with E-state index in [-0.39, 0.29) is 12.4 Å². The zero-order valence-corrected chi connectivity index (χ0v) is 10.3. The number of rotatable bonds is 2. The number of hydrogen-bond acceptors (Lipinski definition) is 2. The van der Waals surface area contributed by atoms with Crippen molar-refractivity contribution < 1.29 is 4.74 Å². The molecule has 5 heteroatoms. The first kappa shape index (κ1) is 12.9. The molecule has 84 valence electrons. The zero-order valence-electron chi connectivity index (χ0n) is 8.00. The Morgan fingerprint density at radius 2 is 1.93 bits per heavy atom. The summed E-state index contributed by atoms with van der Waals surface area (Å²) in [6.07, 6.45) is 2.85. The van der Waals surface area contributed by atoms with Crippen LogP contribution in [0.4, 0.5) is 0 Å². The number of hydrogen-bond donors (Lipinski definition) is 1. The Hall–Kier alpha value is -0.150. The van der Waals surface area contributed by atoms with Crippen LogP contribution in [0, 0.1) is 0 Å². The lowest BCUT2D eigenvalue weighted by atomic mass is 9.89. The largest absolute Gasteiger partial charge is 0.471 e. The van der Waals surface area contributed by atoms with Crippen molar-refractivity contribution in [2.75, 3.05) is 0 Å². The molecule has 0 aliphatic heterocycles. The maximum absolute atomic E-state index is 5.97. The number of ether oxygens (including phenoxy) is 1. The highest BCUT2D eigenvalue weighted by atomic mass is 35.5. The SMILES string of the molecule is Cl.NC1(Oc2cccc(Cl)c2Cl)CCC1. The van der Waals surface area contributed by atoms with Crippen molar-refractivity contribution in [3.05, 3.63) is 28.2 Å². The zero-order chi connectivity index (χ0) is 10.2. The van der Waals surface area contributed by atoms with Gasteiger partial charge in [0.15, 0.2) is 5.72 Å². The van der Waals surface area contributed by atoms with Crippen molar-refractivity contribution in [3.63, 3.8) is 0 Å². The Labute approximate surface area is 105 Å². The van der Waals surface area contributed by atoms with E-state index in [1.54, 1.807) is 18.2 Å². The van der Waals surface area contributed by atoms with Gasteiger partial charge in [-0.25, -0.2) is 0 Å². The van der Waals surface area contributed by atoms with E-state index in [1.807, 2.05) is 0 Å². The fraction of sp³-hybridized carbons (Fsp3) is 0.400. The second-order valence-electron chi connectivity index (χ2n) is 3.57. The van der Waals surface area contributed by atoms with Gasteiger partial charge in [0.25, 0.3) is 0 Å². The highest BCUT2D eigenvalue weighted by molar-refractivity contribution is 6.42. The lowest BCUT2D eigenvalue weighted by Gasteiger charge is -2.38. The van der Waals surface area contributed by atoms with Crippen LogP contribution in [0.2, 0.25) is 10.0 Å². The summed E-state index contributed by atoms with van der Waals surface area (Å²) in [6.45, 7) is 0. The lowest BCUT2D eigenvalue weighted by Crippen LogP contribution is -2.51. The summed E-state index contributed by atoms with van der Waals surface area (Å²) < 4.78 is 5.61. The molecule has 0 radical (unpaired) electrons. The summed E-state index contributed by atoms with van der Waals surface area (Å²) in [5, 5.41) is 0.929. The van der Waals surface area contributed by atoms with Gasteiger partial charge < -0.3 is 4.74 Å². The minimum atomic E-state index is -0.533. The number of nitrogens with two attached hydrogens (primary N) is 1. The molecule has 0 heterocycles. The first-order valence-electron chi connectivity index (χ1n) is 4.53. The number of benzene rings is 1. The first-order valence-corrected chi connectivity index (χ1v) is 5.28. The van der Waals surface area contributed by atoms with Crippen LogP contribution in [0.25, 0.3) is 0 Å². The molecule has 0 saturated heterocycles. The van der Waals surface area contributed by atoms with E-state index in [9.17, 15) is 0 Å². The highest BCUT2D eigenvalue weighted by Gasteiger charge is 2.35. The summed E-state index contributed by atoms with van der Waals surface area (Å²) in [5.74, 6) is 0.571. The van der Waals surface area contributed by atoms with Gasteiger partial charge in [-0.15, -0.1) is 12.4 Å². The average Bonchev–Trinajstić information content (AvgIpc) is 2.10. The van der Waals surface area contributed by atoms with E-state index >= 15 is 0 Å². The molecule has 0 atom stereocenters. The van der Waals surface area contributed by atoms with Crippen LogP contribution in [-0.2, 0) is 0 Å². The van der Waals surface area contributed by atoms with Gasteiger partial charge in [0.05, 0.1) is 5.02 Å². The summed E-state index contributed by atoms with van der Waals surface area (Å²) >= 11 is 11.8. The lowest BCUT2D eigenvalue weighted by molar-refractivity contribution is -0.000816. The Kier molecular flexibility index (Phi) is 4.13. The second-order valence-corrected chi connectivity index (χ2v) is 4.36. The minimum Gasteiger partial charge on any atom is -0.471 e. The van der Waals surface area contributed by atoms with Crippen LogP contribution in [0.1, 0.15) is 19.3 Å². The van der Waals surface area contributed by atoms with Gasteiger partial charge in [-0.05, 0) is 18.6 Å². The van der Waals surface area contributed by atoms with E-state index < -0.39 is 5.72 Å². The van der Waals surface area contributed by atoms with Crippen LogP contribution >= 0.6 is 35.6 Å². The van der Waals surface area contributed by atoms with Gasteiger partial charge in [0.1, 0.15) is 10.8 Å². The van der Waals surface area contributed by atoms with E-state index in [1.165, 1.54) is 0 Å². The fourth-order valence-corrected chi connectivity index (χ4v) is 1.74. The highest BCUT2D eigenvalue weighted by Crippen LogP contribution is 2.37. The van der Waals surface area contributed by atoms with Gasteiger partial charge >= 0.3 is 0 Å². The standard InChI is InChI=1S/C10H11Cl2NO.ClH/c11-7-3-1-4-8(9(7)12)14-10(13)5-2-6-10;/h1,3-4H,2,5-6,13H2;1H. The monoisotopic (exact) mass is 267 g/mol. The van der Waals surface area contributed by atoms with Crippen LogP contribution in [0.3, 0.4) is 0 Å². The van der Waals surface area contributed by atoms with Gasteiger partial charge in [-0.2, -0.15) is 0 Å². The molecule has 2 N–H and O–H groups in total. The van der Waals surface area contributed by atoms with Crippen LogP contribution in [0.5, 0.6) is 5.75 Å². The third-order valence-electron chi connectivity index (χ3n) is 2.43.